The molecule has 0 saturated heterocycles. The molecule has 6 nitrogen and oxygen atoms in total. The lowest BCUT2D eigenvalue weighted by Crippen LogP contribution is -2.44. The molecule has 0 aliphatic heterocycles. The van der Waals surface area contributed by atoms with Gasteiger partial charge in [-0.1, -0.05) is 44.7 Å². The molecular weight excluding hydrogens is 348 g/mol. The van der Waals surface area contributed by atoms with Gasteiger partial charge in [0.05, 0.1) is 11.8 Å². The van der Waals surface area contributed by atoms with E-state index in [2.05, 4.69) is 49.2 Å². The number of nitrogens with zero attached hydrogens (tertiary/aromatic N) is 4. The van der Waals surface area contributed by atoms with Gasteiger partial charge in [0.15, 0.2) is 0 Å². The van der Waals surface area contributed by atoms with Gasteiger partial charge in [-0.3, -0.25) is 4.79 Å². The lowest BCUT2D eigenvalue weighted by molar-refractivity contribution is -0.130. The summed E-state index contributed by atoms with van der Waals surface area (Å²) in [6.07, 6.45) is 0. The Morgan fingerprint density at radius 1 is 1.19 bits per heavy atom. The van der Waals surface area contributed by atoms with Crippen molar-refractivity contribution in [3.8, 4) is 17.5 Å². The highest BCUT2D eigenvalue weighted by Crippen LogP contribution is 2.27. The topological polar surface area (TPSA) is 83.0 Å². The molecule has 1 aromatic heterocycles. The summed E-state index contributed by atoms with van der Waals surface area (Å²) < 4.78 is 5.64. The molecule has 2 aromatic rings. The van der Waals surface area contributed by atoms with Crippen LogP contribution in [0.25, 0.3) is 11.5 Å². The van der Waals surface area contributed by atoms with E-state index in [4.69, 9.17) is 9.68 Å². The maximum Gasteiger partial charge on any atom is 0.277 e. The van der Waals surface area contributed by atoms with Gasteiger partial charge in [-0.25, -0.2) is 0 Å². The second-order valence-corrected chi connectivity index (χ2v) is 8.54. The summed E-state index contributed by atoms with van der Waals surface area (Å²) in [5, 5.41) is 17.5. The molecule has 0 atom stereocenters. The molecule has 0 saturated carbocycles. The van der Waals surface area contributed by atoms with Crippen molar-refractivity contribution in [1.29, 1.82) is 5.26 Å². The first-order valence-electron chi connectivity index (χ1n) is 8.30. The average molecular weight is 372 g/mol. The van der Waals surface area contributed by atoms with Crippen LogP contribution in [0.3, 0.4) is 0 Å². The zero-order valence-corrected chi connectivity index (χ0v) is 16.8. The Morgan fingerprint density at radius 3 is 2.35 bits per heavy atom. The number of thioether (sulfide) groups is 1. The quantitative estimate of drug-likeness (QED) is 0.741. The Bertz CT molecular complexity index is 813. The molecule has 1 heterocycles. The SMILES string of the molecule is CN(C(=O)CSc1nnc(-c2ccc(C(C)(C)C)cc2)o1)C(C)(C)C#N. The molecule has 0 bridgehead atoms. The molecule has 26 heavy (non-hydrogen) atoms. The fraction of sp³-hybridized carbons (Fsp3) is 0.474. The summed E-state index contributed by atoms with van der Waals surface area (Å²) in [6.45, 7) is 9.87. The first-order valence-corrected chi connectivity index (χ1v) is 9.28. The first-order chi connectivity index (χ1) is 12.0. The molecule has 1 amide bonds. The second-order valence-electron chi connectivity index (χ2n) is 7.61. The molecule has 0 spiro atoms. The van der Waals surface area contributed by atoms with Gasteiger partial charge in [-0.2, -0.15) is 5.26 Å². The van der Waals surface area contributed by atoms with Crippen molar-refractivity contribution < 1.29 is 9.21 Å². The van der Waals surface area contributed by atoms with Crippen molar-refractivity contribution in [1.82, 2.24) is 15.1 Å². The first kappa shape index (κ1) is 20.0. The molecule has 0 aliphatic carbocycles. The minimum Gasteiger partial charge on any atom is -0.411 e. The number of carbonyl (C=O) groups is 1. The lowest BCUT2D eigenvalue weighted by atomic mass is 9.87. The van der Waals surface area contributed by atoms with Crippen molar-refractivity contribution in [2.45, 2.75) is 50.8 Å². The van der Waals surface area contributed by atoms with Gasteiger partial charge in [0.2, 0.25) is 11.8 Å². The molecule has 0 radical (unpaired) electrons. The molecular formula is C19H24N4O2S. The molecule has 2 rings (SSSR count). The third-order valence-corrected chi connectivity index (χ3v) is 5.01. The van der Waals surface area contributed by atoms with Crippen LogP contribution in [0.2, 0.25) is 0 Å². The summed E-state index contributed by atoms with van der Waals surface area (Å²) >= 11 is 1.17. The van der Waals surface area contributed by atoms with Gasteiger partial charge >= 0.3 is 0 Å². The van der Waals surface area contributed by atoms with Crippen LogP contribution in [0.15, 0.2) is 33.9 Å². The Hall–Kier alpha value is -2.33. The summed E-state index contributed by atoms with van der Waals surface area (Å²) in [4.78, 5) is 13.6. The van der Waals surface area contributed by atoms with E-state index in [1.807, 2.05) is 12.1 Å². The Kier molecular flexibility index (Phi) is 5.77. The molecule has 0 unspecified atom stereocenters. The van der Waals surface area contributed by atoms with E-state index < -0.39 is 5.54 Å². The molecule has 0 N–H and O–H groups in total. The van der Waals surface area contributed by atoms with Crippen LogP contribution in [-0.4, -0.2) is 39.3 Å². The fourth-order valence-corrected chi connectivity index (χ4v) is 2.78. The third kappa shape index (κ3) is 4.64. The zero-order valence-electron chi connectivity index (χ0n) is 16.0. The van der Waals surface area contributed by atoms with Crippen LogP contribution < -0.4 is 0 Å². The number of amides is 1. The minimum atomic E-state index is -0.855. The summed E-state index contributed by atoms with van der Waals surface area (Å²) in [5.74, 6) is 0.383. The van der Waals surface area contributed by atoms with Crippen LogP contribution in [-0.2, 0) is 10.2 Å². The molecule has 7 heteroatoms. The maximum absolute atomic E-state index is 12.2. The number of rotatable bonds is 5. The van der Waals surface area contributed by atoms with Crippen molar-refractivity contribution in [2.24, 2.45) is 0 Å². The van der Waals surface area contributed by atoms with Gasteiger partial charge in [-0.15, -0.1) is 10.2 Å². The van der Waals surface area contributed by atoms with Gasteiger partial charge in [0, 0.05) is 12.6 Å². The van der Waals surface area contributed by atoms with Crippen LogP contribution >= 0.6 is 11.8 Å². The van der Waals surface area contributed by atoms with E-state index in [1.54, 1.807) is 20.9 Å². The van der Waals surface area contributed by atoms with E-state index >= 15 is 0 Å². The maximum atomic E-state index is 12.2. The number of hydrogen-bond donors (Lipinski definition) is 0. The third-order valence-electron chi connectivity index (χ3n) is 4.21. The number of hydrogen-bond acceptors (Lipinski definition) is 6. The summed E-state index contributed by atoms with van der Waals surface area (Å²) in [5.41, 5.74) is 1.29. The monoisotopic (exact) mass is 372 g/mol. The normalized spacial score (nSPS) is 11.9. The number of benzene rings is 1. The smallest absolute Gasteiger partial charge is 0.277 e. The minimum absolute atomic E-state index is 0.0813. The van der Waals surface area contributed by atoms with Crippen molar-refractivity contribution >= 4 is 17.7 Å². The summed E-state index contributed by atoms with van der Waals surface area (Å²) in [6, 6.07) is 10.1. The van der Waals surface area contributed by atoms with E-state index in [9.17, 15) is 4.79 Å². The highest BCUT2D eigenvalue weighted by molar-refractivity contribution is 7.99. The molecule has 0 fully saturated rings. The van der Waals surface area contributed by atoms with Crippen LogP contribution in [0.4, 0.5) is 0 Å². The van der Waals surface area contributed by atoms with E-state index in [0.29, 0.717) is 11.1 Å². The highest BCUT2D eigenvalue weighted by atomic mass is 32.2. The van der Waals surface area contributed by atoms with Gasteiger partial charge in [0.25, 0.3) is 5.22 Å². The van der Waals surface area contributed by atoms with E-state index in [1.165, 1.54) is 22.2 Å². The standard InChI is InChI=1S/C19H24N4O2S/c1-18(2,3)14-9-7-13(8-10-14)16-21-22-17(25-16)26-11-15(24)23(6)19(4,5)12-20/h7-10H,11H2,1-6H3. The van der Waals surface area contributed by atoms with E-state index in [0.717, 1.165) is 5.56 Å². The highest BCUT2D eigenvalue weighted by Gasteiger charge is 2.27. The summed E-state index contributed by atoms with van der Waals surface area (Å²) in [7, 11) is 1.61. The lowest BCUT2D eigenvalue weighted by Gasteiger charge is -2.28. The second kappa shape index (κ2) is 7.50. The zero-order chi connectivity index (χ0) is 19.5. The largest absolute Gasteiger partial charge is 0.411 e. The predicted octanol–water partition coefficient (Wildman–Crippen LogP) is 3.89. The fourth-order valence-electron chi connectivity index (χ4n) is 2.10. The average Bonchev–Trinajstić information content (AvgIpc) is 3.07. The number of carbonyl (C=O) groups excluding carboxylic acids is 1. The van der Waals surface area contributed by atoms with Crippen molar-refractivity contribution in [3.05, 3.63) is 29.8 Å². The van der Waals surface area contributed by atoms with Gasteiger partial charge < -0.3 is 9.32 Å². The van der Waals surface area contributed by atoms with Crippen LogP contribution in [0.1, 0.15) is 40.2 Å². The Balaban J connectivity index is 2.02. The Labute approximate surface area is 158 Å². The number of aromatic nitrogens is 2. The van der Waals surface area contributed by atoms with Gasteiger partial charge in [0.1, 0.15) is 5.54 Å². The molecule has 138 valence electrons. The predicted molar refractivity (Wildman–Crippen MR) is 102 cm³/mol. The Morgan fingerprint density at radius 2 is 1.81 bits per heavy atom. The molecule has 0 aliphatic rings. The van der Waals surface area contributed by atoms with E-state index in [-0.39, 0.29) is 17.1 Å². The number of nitriles is 1. The van der Waals surface area contributed by atoms with Crippen LogP contribution in [0.5, 0.6) is 0 Å². The van der Waals surface area contributed by atoms with Crippen LogP contribution in [0, 0.1) is 11.3 Å². The molecule has 1 aromatic carbocycles. The van der Waals surface area contributed by atoms with Crippen molar-refractivity contribution in [3.63, 3.8) is 0 Å². The van der Waals surface area contributed by atoms with Gasteiger partial charge in [-0.05, 0) is 37.0 Å². The van der Waals surface area contributed by atoms with Crippen molar-refractivity contribution in [2.75, 3.05) is 12.8 Å².